The first kappa shape index (κ1) is 23.5. The van der Waals surface area contributed by atoms with Crippen molar-refractivity contribution in [1.29, 1.82) is 0 Å². The molecule has 0 fully saturated rings. The molecule has 0 radical (unpaired) electrons. The Morgan fingerprint density at radius 1 is 1.17 bits per heavy atom. The Bertz CT molecular complexity index is 789. The Kier molecular flexibility index (Phi) is 9.97. The summed E-state index contributed by atoms with van der Waals surface area (Å²) in [6.45, 7) is 10.9. The largest absolute Gasteiger partial charge is 0.493 e. The van der Waals surface area contributed by atoms with Crippen LogP contribution in [0.1, 0.15) is 57.3 Å². The maximum atomic E-state index is 5.65. The summed E-state index contributed by atoms with van der Waals surface area (Å²) in [7, 11) is 1.66. The van der Waals surface area contributed by atoms with E-state index < -0.39 is 0 Å². The topological polar surface area (TPSA) is 93.8 Å². The van der Waals surface area contributed by atoms with Crippen molar-refractivity contribution in [3.8, 4) is 11.5 Å². The molecule has 8 heteroatoms. The lowest BCUT2D eigenvalue weighted by atomic mass is 10.1. The van der Waals surface area contributed by atoms with Crippen LogP contribution in [0.2, 0.25) is 0 Å². The van der Waals surface area contributed by atoms with Gasteiger partial charge in [0.05, 0.1) is 13.7 Å². The predicted octanol–water partition coefficient (Wildman–Crippen LogP) is 3.33. The maximum absolute atomic E-state index is 5.65. The highest BCUT2D eigenvalue weighted by Gasteiger charge is 2.09. The molecule has 0 unspecified atom stereocenters. The lowest BCUT2D eigenvalue weighted by Crippen LogP contribution is -2.38. The number of hydrogen-bond donors (Lipinski definition) is 2. The molecule has 0 bridgehead atoms. The van der Waals surface area contributed by atoms with Gasteiger partial charge in [-0.3, -0.25) is 4.99 Å². The molecule has 2 rings (SSSR count). The van der Waals surface area contributed by atoms with Gasteiger partial charge in [0.25, 0.3) is 0 Å². The van der Waals surface area contributed by atoms with Crippen molar-refractivity contribution in [3.63, 3.8) is 0 Å². The molecule has 1 heterocycles. The van der Waals surface area contributed by atoms with Crippen LogP contribution in [0.4, 0.5) is 0 Å². The molecule has 30 heavy (non-hydrogen) atoms. The van der Waals surface area contributed by atoms with Crippen LogP contribution in [-0.2, 0) is 12.8 Å². The van der Waals surface area contributed by atoms with Crippen LogP contribution in [0.15, 0.2) is 27.7 Å². The highest BCUT2D eigenvalue weighted by Crippen LogP contribution is 2.28. The summed E-state index contributed by atoms with van der Waals surface area (Å²) in [6.07, 6.45) is 2.53. The van der Waals surface area contributed by atoms with Gasteiger partial charge in [-0.1, -0.05) is 25.1 Å². The molecular weight excluding hydrogens is 382 g/mol. The number of aliphatic imine (C=N–C) groups is 1. The summed E-state index contributed by atoms with van der Waals surface area (Å²) in [6, 6.07) is 6.08. The molecule has 0 saturated heterocycles. The Morgan fingerprint density at radius 2 is 2.00 bits per heavy atom. The van der Waals surface area contributed by atoms with E-state index >= 15 is 0 Å². The van der Waals surface area contributed by atoms with E-state index in [1.54, 1.807) is 7.11 Å². The maximum Gasteiger partial charge on any atom is 0.228 e. The fourth-order valence-corrected chi connectivity index (χ4v) is 2.85. The standard InChI is InChI=1S/C22H35N5O3/c1-6-23-22(25-14-12-20-26-21(16(3)4)27-30-20)24-13-8-9-17-10-11-18(28-5)19(15-17)29-7-2/h10-11,15-16H,6-9,12-14H2,1-5H3,(H2,23,24,25). The van der Waals surface area contributed by atoms with E-state index in [2.05, 4.69) is 38.8 Å². The second-order valence-corrected chi connectivity index (χ2v) is 7.16. The van der Waals surface area contributed by atoms with Crippen LogP contribution < -0.4 is 20.1 Å². The summed E-state index contributed by atoms with van der Waals surface area (Å²) in [4.78, 5) is 9.05. The van der Waals surface area contributed by atoms with Gasteiger partial charge in [0.15, 0.2) is 23.3 Å². The third-order valence-corrected chi connectivity index (χ3v) is 4.40. The van der Waals surface area contributed by atoms with Crippen molar-refractivity contribution >= 4 is 5.96 Å². The van der Waals surface area contributed by atoms with Gasteiger partial charge in [-0.2, -0.15) is 4.98 Å². The molecule has 0 aliphatic heterocycles. The minimum absolute atomic E-state index is 0.268. The Labute approximate surface area is 179 Å². The molecule has 0 spiro atoms. The van der Waals surface area contributed by atoms with Gasteiger partial charge in [-0.15, -0.1) is 0 Å². The van der Waals surface area contributed by atoms with Gasteiger partial charge in [0.1, 0.15) is 0 Å². The third-order valence-electron chi connectivity index (χ3n) is 4.40. The monoisotopic (exact) mass is 417 g/mol. The molecule has 0 atom stereocenters. The highest BCUT2D eigenvalue weighted by atomic mass is 16.5. The van der Waals surface area contributed by atoms with Crippen molar-refractivity contribution in [2.45, 2.75) is 52.9 Å². The van der Waals surface area contributed by atoms with Gasteiger partial charge >= 0.3 is 0 Å². The van der Waals surface area contributed by atoms with E-state index in [4.69, 9.17) is 14.0 Å². The Morgan fingerprint density at radius 3 is 2.67 bits per heavy atom. The smallest absolute Gasteiger partial charge is 0.228 e. The normalized spacial score (nSPS) is 11.6. The number of aromatic nitrogens is 2. The van der Waals surface area contributed by atoms with Crippen molar-refractivity contribution in [2.24, 2.45) is 4.99 Å². The minimum atomic E-state index is 0.268. The molecule has 1 aromatic carbocycles. The fraction of sp³-hybridized carbons (Fsp3) is 0.591. The average molecular weight is 418 g/mol. The summed E-state index contributed by atoms with van der Waals surface area (Å²) >= 11 is 0. The zero-order chi connectivity index (χ0) is 21.8. The van der Waals surface area contributed by atoms with Gasteiger partial charge in [0.2, 0.25) is 5.89 Å². The van der Waals surface area contributed by atoms with Gasteiger partial charge in [0, 0.05) is 32.0 Å². The van der Waals surface area contributed by atoms with Crippen molar-refractivity contribution in [2.75, 3.05) is 33.4 Å². The second-order valence-electron chi connectivity index (χ2n) is 7.16. The van der Waals surface area contributed by atoms with Gasteiger partial charge < -0.3 is 24.6 Å². The molecule has 2 aromatic rings. The lowest BCUT2D eigenvalue weighted by molar-refractivity contribution is 0.310. The number of rotatable bonds is 12. The minimum Gasteiger partial charge on any atom is -0.493 e. The number of aryl methyl sites for hydroxylation is 1. The van der Waals surface area contributed by atoms with Crippen molar-refractivity contribution in [3.05, 3.63) is 35.5 Å². The number of benzene rings is 1. The zero-order valence-electron chi connectivity index (χ0n) is 18.8. The first-order valence-electron chi connectivity index (χ1n) is 10.7. The quantitative estimate of drug-likeness (QED) is 0.311. The van der Waals surface area contributed by atoms with Crippen LogP contribution in [-0.4, -0.2) is 49.5 Å². The molecule has 1 aromatic heterocycles. The number of nitrogens with one attached hydrogen (secondary N) is 2. The lowest BCUT2D eigenvalue weighted by Gasteiger charge is -2.11. The highest BCUT2D eigenvalue weighted by molar-refractivity contribution is 5.79. The first-order valence-corrected chi connectivity index (χ1v) is 10.7. The molecule has 8 nitrogen and oxygen atoms in total. The van der Waals surface area contributed by atoms with E-state index in [0.29, 0.717) is 25.5 Å². The molecule has 0 saturated carbocycles. The van der Waals surface area contributed by atoms with Crippen molar-refractivity contribution < 1.29 is 14.0 Å². The third kappa shape index (κ3) is 7.57. The molecule has 0 amide bonds. The van der Waals surface area contributed by atoms with Gasteiger partial charge in [-0.05, 0) is 44.4 Å². The van der Waals surface area contributed by atoms with Crippen molar-refractivity contribution in [1.82, 2.24) is 20.8 Å². The summed E-state index contributed by atoms with van der Waals surface area (Å²) < 4.78 is 16.3. The van der Waals surface area contributed by atoms with E-state index in [9.17, 15) is 0 Å². The molecular formula is C22H35N5O3. The summed E-state index contributed by atoms with van der Waals surface area (Å²) in [5.41, 5.74) is 1.21. The van der Waals surface area contributed by atoms with E-state index in [1.165, 1.54) is 5.56 Å². The molecule has 0 aliphatic carbocycles. The zero-order valence-corrected chi connectivity index (χ0v) is 18.8. The Balaban J connectivity index is 1.80. The second kappa shape index (κ2) is 12.7. The number of methoxy groups -OCH3 is 1. The number of ether oxygens (including phenoxy) is 2. The van der Waals surface area contributed by atoms with Gasteiger partial charge in [-0.25, -0.2) is 0 Å². The van der Waals surface area contributed by atoms with E-state index in [0.717, 1.165) is 49.2 Å². The average Bonchev–Trinajstić information content (AvgIpc) is 3.21. The van der Waals surface area contributed by atoms with Crippen LogP contribution in [0.25, 0.3) is 0 Å². The summed E-state index contributed by atoms with van der Waals surface area (Å²) in [5.74, 6) is 4.01. The number of nitrogens with zero attached hydrogens (tertiary/aromatic N) is 3. The number of guanidine groups is 1. The molecule has 2 N–H and O–H groups in total. The summed E-state index contributed by atoms with van der Waals surface area (Å²) in [5, 5.41) is 10.6. The van der Waals surface area contributed by atoms with E-state index in [1.807, 2.05) is 32.9 Å². The SMILES string of the molecule is CCNC(=NCCCc1ccc(OC)c(OCC)c1)NCCc1nc(C(C)C)no1. The van der Waals surface area contributed by atoms with Crippen LogP contribution >= 0.6 is 0 Å². The molecule has 0 aliphatic rings. The Hall–Kier alpha value is -2.77. The van der Waals surface area contributed by atoms with Crippen LogP contribution in [0.5, 0.6) is 11.5 Å². The fourth-order valence-electron chi connectivity index (χ4n) is 2.85. The number of hydrogen-bond acceptors (Lipinski definition) is 6. The van der Waals surface area contributed by atoms with E-state index in [-0.39, 0.29) is 5.92 Å². The first-order chi connectivity index (χ1) is 14.6. The van der Waals surface area contributed by atoms with Crippen LogP contribution in [0, 0.1) is 0 Å². The van der Waals surface area contributed by atoms with Crippen LogP contribution in [0.3, 0.4) is 0 Å². The predicted molar refractivity (Wildman–Crippen MR) is 119 cm³/mol. The molecule has 166 valence electrons.